The van der Waals surface area contributed by atoms with Gasteiger partial charge in [0.2, 0.25) is 0 Å². The maximum absolute atomic E-state index is 12.9. The summed E-state index contributed by atoms with van der Waals surface area (Å²) in [4.78, 5) is 3.93. The minimum absolute atomic E-state index is 0.315. The topological polar surface area (TPSA) is 53.6 Å². The molecule has 4 nitrogen and oxygen atoms in total. The molecule has 0 aliphatic carbocycles. The first kappa shape index (κ1) is 11.1. The molecule has 0 spiro atoms. The predicted octanol–water partition coefficient (Wildman–Crippen LogP) is 2.01. The highest BCUT2D eigenvalue weighted by atomic mass is 19.1. The molecule has 2 aromatic rings. The Kier molecular flexibility index (Phi) is 3.36. The van der Waals surface area contributed by atoms with E-state index in [4.69, 9.17) is 5.26 Å². The maximum Gasteiger partial charge on any atom is 0.124 e. The van der Waals surface area contributed by atoms with E-state index in [-0.39, 0.29) is 0 Å². The number of halogens is 1. The van der Waals surface area contributed by atoms with Crippen molar-refractivity contribution in [2.24, 2.45) is 0 Å². The van der Waals surface area contributed by atoms with Crippen LogP contribution in [-0.4, -0.2) is 16.1 Å². The van der Waals surface area contributed by atoms with Crippen LogP contribution in [0.1, 0.15) is 5.56 Å². The van der Waals surface area contributed by atoms with Gasteiger partial charge >= 0.3 is 0 Å². The third-order valence-electron chi connectivity index (χ3n) is 2.35. The Bertz CT molecular complexity index is 528. The normalized spacial score (nSPS) is 9.88. The lowest BCUT2D eigenvalue weighted by Crippen LogP contribution is -2.10. The molecule has 0 aliphatic heterocycles. The number of benzene rings is 1. The third kappa shape index (κ3) is 2.82. The number of imidazole rings is 1. The van der Waals surface area contributed by atoms with Gasteiger partial charge in [0.25, 0.3) is 0 Å². The molecule has 17 heavy (non-hydrogen) atoms. The zero-order valence-electron chi connectivity index (χ0n) is 9.10. The van der Waals surface area contributed by atoms with Gasteiger partial charge in [0, 0.05) is 25.5 Å². The molecule has 0 aliphatic rings. The summed E-state index contributed by atoms with van der Waals surface area (Å²) in [5, 5.41) is 11.9. The minimum Gasteiger partial charge on any atom is -0.382 e. The van der Waals surface area contributed by atoms with Crippen LogP contribution in [0.4, 0.5) is 10.1 Å². The Balaban J connectivity index is 1.97. The van der Waals surface area contributed by atoms with Crippen molar-refractivity contribution < 1.29 is 4.39 Å². The summed E-state index contributed by atoms with van der Waals surface area (Å²) in [7, 11) is 0. The van der Waals surface area contributed by atoms with Crippen molar-refractivity contribution in [2.45, 2.75) is 6.54 Å². The fourth-order valence-corrected chi connectivity index (χ4v) is 1.50. The molecule has 0 radical (unpaired) electrons. The fraction of sp³-hybridized carbons (Fsp3) is 0.167. The van der Waals surface area contributed by atoms with Gasteiger partial charge in [0.1, 0.15) is 11.9 Å². The van der Waals surface area contributed by atoms with Crippen LogP contribution in [0.2, 0.25) is 0 Å². The lowest BCUT2D eigenvalue weighted by Gasteiger charge is -2.08. The zero-order chi connectivity index (χ0) is 12.1. The molecule has 86 valence electrons. The van der Waals surface area contributed by atoms with Crippen molar-refractivity contribution in [3.05, 3.63) is 48.3 Å². The molecule has 0 saturated carbocycles. The second-order valence-corrected chi connectivity index (χ2v) is 3.53. The van der Waals surface area contributed by atoms with Crippen molar-refractivity contribution in [3.63, 3.8) is 0 Å². The van der Waals surface area contributed by atoms with Crippen molar-refractivity contribution in [1.29, 1.82) is 5.26 Å². The van der Waals surface area contributed by atoms with E-state index in [1.807, 2.05) is 16.8 Å². The molecule has 2 rings (SSSR count). The summed E-state index contributed by atoms with van der Waals surface area (Å²) < 4.78 is 14.8. The average molecular weight is 230 g/mol. The van der Waals surface area contributed by atoms with Gasteiger partial charge in [-0.1, -0.05) is 0 Å². The number of nitriles is 1. The summed E-state index contributed by atoms with van der Waals surface area (Å²) in [5.41, 5.74) is 0.963. The Morgan fingerprint density at radius 2 is 2.35 bits per heavy atom. The molecule has 5 heteroatoms. The molecule has 0 amide bonds. The summed E-state index contributed by atoms with van der Waals surface area (Å²) >= 11 is 0. The molecule has 1 aromatic heterocycles. The maximum atomic E-state index is 12.9. The van der Waals surface area contributed by atoms with E-state index in [9.17, 15) is 4.39 Å². The van der Waals surface area contributed by atoms with Crippen LogP contribution in [0.5, 0.6) is 0 Å². The molecule has 1 aromatic carbocycles. The number of anilines is 1. The number of hydrogen-bond acceptors (Lipinski definition) is 3. The van der Waals surface area contributed by atoms with E-state index in [0.717, 1.165) is 6.54 Å². The van der Waals surface area contributed by atoms with Crippen LogP contribution < -0.4 is 5.32 Å². The Morgan fingerprint density at radius 3 is 3.06 bits per heavy atom. The van der Waals surface area contributed by atoms with Crippen molar-refractivity contribution in [2.75, 3.05) is 11.9 Å². The van der Waals surface area contributed by atoms with E-state index in [1.165, 1.54) is 12.1 Å². The van der Waals surface area contributed by atoms with Gasteiger partial charge in [0.05, 0.1) is 17.6 Å². The van der Waals surface area contributed by atoms with Gasteiger partial charge in [-0.15, -0.1) is 0 Å². The van der Waals surface area contributed by atoms with Crippen LogP contribution in [0, 0.1) is 17.1 Å². The van der Waals surface area contributed by atoms with Crippen LogP contribution in [0.15, 0.2) is 36.9 Å². The molecule has 1 heterocycles. The van der Waals surface area contributed by atoms with Gasteiger partial charge in [-0.25, -0.2) is 9.37 Å². The largest absolute Gasteiger partial charge is 0.382 e. The molecule has 0 atom stereocenters. The number of rotatable bonds is 4. The van der Waals surface area contributed by atoms with Gasteiger partial charge in [-0.2, -0.15) is 5.26 Å². The summed E-state index contributed by atoms with van der Waals surface area (Å²) in [6.45, 7) is 1.39. The highest BCUT2D eigenvalue weighted by Crippen LogP contribution is 2.15. The van der Waals surface area contributed by atoms with Crippen molar-refractivity contribution >= 4 is 5.69 Å². The van der Waals surface area contributed by atoms with Gasteiger partial charge in [-0.05, 0) is 18.2 Å². The van der Waals surface area contributed by atoms with Crippen molar-refractivity contribution in [3.8, 4) is 6.07 Å². The average Bonchev–Trinajstić information content (AvgIpc) is 2.84. The van der Waals surface area contributed by atoms with Crippen LogP contribution in [-0.2, 0) is 6.54 Å². The molecule has 1 N–H and O–H groups in total. The van der Waals surface area contributed by atoms with Crippen LogP contribution in [0.25, 0.3) is 0 Å². The van der Waals surface area contributed by atoms with E-state index >= 15 is 0 Å². The smallest absolute Gasteiger partial charge is 0.124 e. The lowest BCUT2D eigenvalue weighted by atomic mass is 10.2. The SMILES string of the molecule is N#Cc1cc(F)ccc1NCCn1ccnc1. The molecule has 0 unspecified atom stereocenters. The summed E-state index contributed by atoms with van der Waals surface area (Å²) in [5.74, 6) is -0.401. The highest BCUT2D eigenvalue weighted by molar-refractivity contribution is 5.57. The Hall–Kier alpha value is -2.35. The van der Waals surface area contributed by atoms with Crippen LogP contribution >= 0.6 is 0 Å². The van der Waals surface area contributed by atoms with Crippen LogP contribution in [0.3, 0.4) is 0 Å². The highest BCUT2D eigenvalue weighted by Gasteiger charge is 2.02. The lowest BCUT2D eigenvalue weighted by molar-refractivity contribution is 0.627. The van der Waals surface area contributed by atoms with E-state index in [2.05, 4.69) is 10.3 Å². The molecule has 0 saturated heterocycles. The zero-order valence-corrected chi connectivity index (χ0v) is 9.10. The number of aromatic nitrogens is 2. The van der Waals surface area contributed by atoms with E-state index < -0.39 is 5.82 Å². The Morgan fingerprint density at radius 1 is 1.47 bits per heavy atom. The molecule has 0 bridgehead atoms. The number of nitrogens with zero attached hydrogens (tertiary/aromatic N) is 3. The molecule has 0 fully saturated rings. The standard InChI is InChI=1S/C12H11FN4/c13-11-1-2-12(10(7-11)8-14)16-4-6-17-5-3-15-9-17/h1-3,5,7,9,16H,4,6H2. The monoisotopic (exact) mass is 230 g/mol. The van der Waals surface area contributed by atoms with E-state index in [0.29, 0.717) is 17.8 Å². The number of hydrogen-bond donors (Lipinski definition) is 1. The molecular formula is C12H11FN4. The van der Waals surface area contributed by atoms with Gasteiger partial charge in [-0.3, -0.25) is 0 Å². The quantitative estimate of drug-likeness (QED) is 0.874. The van der Waals surface area contributed by atoms with Crippen molar-refractivity contribution in [1.82, 2.24) is 9.55 Å². The third-order valence-corrected chi connectivity index (χ3v) is 2.35. The minimum atomic E-state index is -0.401. The fourth-order valence-electron chi connectivity index (χ4n) is 1.50. The second-order valence-electron chi connectivity index (χ2n) is 3.53. The van der Waals surface area contributed by atoms with Gasteiger partial charge in [0.15, 0.2) is 0 Å². The van der Waals surface area contributed by atoms with E-state index in [1.54, 1.807) is 18.6 Å². The first-order valence-electron chi connectivity index (χ1n) is 5.19. The van der Waals surface area contributed by atoms with Gasteiger partial charge < -0.3 is 9.88 Å². The molecular weight excluding hydrogens is 219 g/mol. The Labute approximate surface area is 98.3 Å². The summed E-state index contributed by atoms with van der Waals surface area (Å²) in [6.07, 6.45) is 5.29. The number of nitrogens with one attached hydrogen (secondary N) is 1. The predicted molar refractivity (Wildman–Crippen MR) is 61.8 cm³/mol. The second kappa shape index (κ2) is 5.12. The first-order chi connectivity index (χ1) is 8.29. The first-order valence-corrected chi connectivity index (χ1v) is 5.19. The summed E-state index contributed by atoms with van der Waals surface area (Å²) in [6, 6.07) is 6.09.